The minimum atomic E-state index is 0.745. The lowest BCUT2D eigenvalue weighted by atomic mass is 10.1. The minimum Gasteiger partial charge on any atom is -0.357 e. The molecular formula is C21H23NO. The molecular weight excluding hydrogens is 282 g/mol. The van der Waals surface area contributed by atoms with Crippen molar-refractivity contribution in [2.24, 2.45) is 5.16 Å². The normalized spacial score (nSPS) is 10.7. The Morgan fingerprint density at radius 2 is 1.57 bits per heavy atom. The van der Waals surface area contributed by atoms with Crippen molar-refractivity contribution < 1.29 is 4.84 Å². The Kier molecular flexibility index (Phi) is 7.49. The van der Waals surface area contributed by atoms with Gasteiger partial charge in [0.05, 0.1) is 5.71 Å². The molecule has 0 amide bonds. The van der Waals surface area contributed by atoms with Crippen LogP contribution in [0.25, 0.3) is 0 Å². The molecule has 0 radical (unpaired) electrons. The van der Waals surface area contributed by atoms with Crippen LogP contribution in [0, 0.1) is 11.8 Å². The van der Waals surface area contributed by atoms with Crippen LogP contribution in [0.4, 0.5) is 0 Å². The SMILES string of the molecule is CCCCC#CCC/C(=N/Oc1ccccc1)c1ccccc1. The van der Waals surface area contributed by atoms with E-state index in [0.717, 1.165) is 36.3 Å². The summed E-state index contributed by atoms with van der Waals surface area (Å²) in [5.74, 6) is 7.20. The van der Waals surface area contributed by atoms with Crippen molar-refractivity contribution in [1.29, 1.82) is 0 Å². The summed E-state index contributed by atoms with van der Waals surface area (Å²) in [4.78, 5) is 5.56. The number of nitrogens with zero attached hydrogens (tertiary/aromatic N) is 1. The lowest BCUT2D eigenvalue weighted by Crippen LogP contribution is -2.03. The monoisotopic (exact) mass is 305 g/mol. The molecule has 0 aliphatic rings. The second kappa shape index (κ2) is 10.2. The van der Waals surface area contributed by atoms with Gasteiger partial charge in [0.2, 0.25) is 0 Å². The van der Waals surface area contributed by atoms with Gasteiger partial charge >= 0.3 is 0 Å². The molecule has 0 atom stereocenters. The van der Waals surface area contributed by atoms with Gasteiger partial charge in [-0.15, -0.1) is 11.8 Å². The summed E-state index contributed by atoms with van der Waals surface area (Å²) in [5.41, 5.74) is 2.01. The second-order valence-corrected chi connectivity index (χ2v) is 5.27. The van der Waals surface area contributed by atoms with Crippen LogP contribution in [-0.2, 0) is 0 Å². The first kappa shape index (κ1) is 16.8. The van der Waals surface area contributed by atoms with Gasteiger partial charge in [-0.05, 0) is 24.1 Å². The number of unbranched alkanes of at least 4 members (excludes halogenated alkanes) is 2. The van der Waals surface area contributed by atoms with Gasteiger partial charge in [0.1, 0.15) is 0 Å². The number of hydrogen-bond acceptors (Lipinski definition) is 2. The van der Waals surface area contributed by atoms with Gasteiger partial charge in [-0.2, -0.15) is 0 Å². The summed E-state index contributed by atoms with van der Waals surface area (Å²) in [7, 11) is 0. The molecule has 0 unspecified atom stereocenters. The Labute approximate surface area is 139 Å². The highest BCUT2D eigenvalue weighted by atomic mass is 16.6. The highest BCUT2D eigenvalue weighted by Gasteiger charge is 2.03. The van der Waals surface area contributed by atoms with E-state index in [0.29, 0.717) is 0 Å². The van der Waals surface area contributed by atoms with Crippen molar-refractivity contribution in [3.63, 3.8) is 0 Å². The van der Waals surface area contributed by atoms with Gasteiger partial charge < -0.3 is 4.84 Å². The quantitative estimate of drug-likeness (QED) is 0.289. The third-order valence-electron chi connectivity index (χ3n) is 3.38. The second-order valence-electron chi connectivity index (χ2n) is 5.27. The Hall–Kier alpha value is -2.53. The maximum Gasteiger partial charge on any atom is 0.157 e. The van der Waals surface area contributed by atoms with E-state index >= 15 is 0 Å². The fourth-order valence-corrected chi connectivity index (χ4v) is 2.09. The summed E-state index contributed by atoms with van der Waals surface area (Å²) in [6.07, 6.45) is 4.93. The van der Waals surface area contributed by atoms with Gasteiger partial charge in [-0.25, -0.2) is 0 Å². The van der Waals surface area contributed by atoms with E-state index in [1.807, 2.05) is 48.5 Å². The minimum absolute atomic E-state index is 0.745. The van der Waals surface area contributed by atoms with Crippen LogP contribution in [0.15, 0.2) is 65.8 Å². The predicted molar refractivity (Wildman–Crippen MR) is 96.6 cm³/mol. The van der Waals surface area contributed by atoms with Crippen LogP contribution in [0.5, 0.6) is 5.75 Å². The van der Waals surface area contributed by atoms with E-state index in [2.05, 4.69) is 36.1 Å². The predicted octanol–water partition coefficient (Wildman–Crippen LogP) is 5.44. The van der Waals surface area contributed by atoms with Gasteiger partial charge in [0.25, 0.3) is 0 Å². The average Bonchev–Trinajstić information content (AvgIpc) is 2.62. The molecule has 0 fully saturated rings. The zero-order chi connectivity index (χ0) is 16.2. The Bertz CT molecular complexity index is 650. The molecule has 23 heavy (non-hydrogen) atoms. The Morgan fingerprint density at radius 1 is 0.913 bits per heavy atom. The first-order valence-electron chi connectivity index (χ1n) is 8.20. The zero-order valence-corrected chi connectivity index (χ0v) is 13.7. The Balaban J connectivity index is 2.01. The largest absolute Gasteiger partial charge is 0.357 e. The van der Waals surface area contributed by atoms with E-state index in [4.69, 9.17) is 4.84 Å². The number of benzene rings is 2. The van der Waals surface area contributed by atoms with E-state index in [1.54, 1.807) is 0 Å². The highest BCUT2D eigenvalue weighted by Crippen LogP contribution is 2.12. The summed E-state index contributed by atoms with van der Waals surface area (Å²) < 4.78 is 0. The molecule has 0 bridgehead atoms. The number of para-hydroxylation sites is 1. The summed E-state index contributed by atoms with van der Waals surface area (Å²) in [6.45, 7) is 2.18. The molecule has 2 aromatic rings. The van der Waals surface area contributed by atoms with Crippen LogP contribution in [0.1, 0.15) is 44.6 Å². The van der Waals surface area contributed by atoms with Crippen molar-refractivity contribution in [3.8, 4) is 17.6 Å². The fourth-order valence-electron chi connectivity index (χ4n) is 2.09. The van der Waals surface area contributed by atoms with E-state index in [1.165, 1.54) is 12.8 Å². The molecule has 2 heteroatoms. The van der Waals surface area contributed by atoms with Crippen LogP contribution >= 0.6 is 0 Å². The first-order chi connectivity index (χ1) is 11.4. The van der Waals surface area contributed by atoms with Crippen LogP contribution in [0.3, 0.4) is 0 Å². The highest BCUT2D eigenvalue weighted by molar-refractivity contribution is 6.00. The van der Waals surface area contributed by atoms with Crippen molar-refractivity contribution >= 4 is 5.71 Å². The van der Waals surface area contributed by atoms with Gasteiger partial charge in [-0.3, -0.25) is 0 Å². The third-order valence-corrected chi connectivity index (χ3v) is 3.38. The average molecular weight is 305 g/mol. The van der Waals surface area contributed by atoms with Crippen molar-refractivity contribution in [2.75, 3.05) is 0 Å². The number of oxime groups is 1. The van der Waals surface area contributed by atoms with Crippen LogP contribution in [0.2, 0.25) is 0 Å². The molecule has 0 heterocycles. The van der Waals surface area contributed by atoms with E-state index in [-0.39, 0.29) is 0 Å². The fraction of sp³-hybridized carbons (Fsp3) is 0.286. The molecule has 2 aromatic carbocycles. The lowest BCUT2D eigenvalue weighted by Gasteiger charge is -2.05. The molecule has 0 saturated carbocycles. The van der Waals surface area contributed by atoms with Gasteiger partial charge in [-0.1, -0.05) is 67.0 Å². The Morgan fingerprint density at radius 3 is 2.26 bits per heavy atom. The van der Waals surface area contributed by atoms with Gasteiger partial charge in [0.15, 0.2) is 5.75 Å². The summed E-state index contributed by atoms with van der Waals surface area (Å²) in [6, 6.07) is 19.8. The van der Waals surface area contributed by atoms with Crippen LogP contribution in [-0.4, -0.2) is 5.71 Å². The number of rotatable bonds is 7. The molecule has 0 saturated heterocycles. The maximum absolute atomic E-state index is 5.56. The molecule has 2 rings (SSSR count). The standard InChI is InChI=1S/C21H23NO/c1-2-3-4-5-6-13-18-21(19-14-9-7-10-15-19)22-23-20-16-11-8-12-17-20/h7-12,14-17H,2-4,13,18H2,1H3/b22-21-. The lowest BCUT2D eigenvalue weighted by molar-refractivity contribution is 0.340. The van der Waals surface area contributed by atoms with Crippen molar-refractivity contribution in [2.45, 2.75) is 39.0 Å². The molecule has 0 N–H and O–H groups in total. The molecule has 0 aliphatic heterocycles. The third kappa shape index (κ3) is 6.40. The molecule has 0 aliphatic carbocycles. The topological polar surface area (TPSA) is 21.6 Å². The first-order valence-corrected chi connectivity index (χ1v) is 8.20. The number of hydrogen-bond donors (Lipinski definition) is 0. The van der Waals surface area contributed by atoms with Crippen molar-refractivity contribution in [1.82, 2.24) is 0 Å². The van der Waals surface area contributed by atoms with Gasteiger partial charge in [0, 0.05) is 19.3 Å². The molecule has 0 spiro atoms. The van der Waals surface area contributed by atoms with Crippen LogP contribution < -0.4 is 4.84 Å². The maximum atomic E-state index is 5.56. The molecule has 2 nitrogen and oxygen atoms in total. The molecule has 0 aromatic heterocycles. The smallest absolute Gasteiger partial charge is 0.157 e. The summed E-state index contributed by atoms with van der Waals surface area (Å²) in [5, 5.41) is 4.35. The summed E-state index contributed by atoms with van der Waals surface area (Å²) >= 11 is 0. The zero-order valence-electron chi connectivity index (χ0n) is 13.7. The molecule has 118 valence electrons. The van der Waals surface area contributed by atoms with Crippen molar-refractivity contribution in [3.05, 3.63) is 66.2 Å². The van der Waals surface area contributed by atoms with E-state index < -0.39 is 0 Å². The van der Waals surface area contributed by atoms with E-state index in [9.17, 15) is 0 Å².